The first-order valence-corrected chi connectivity index (χ1v) is 5.83. The summed E-state index contributed by atoms with van der Waals surface area (Å²) in [5.41, 5.74) is 0.807. The molecule has 1 atom stereocenters. The molecule has 17 heavy (non-hydrogen) atoms. The van der Waals surface area contributed by atoms with Crippen LogP contribution in [0.4, 0.5) is 5.82 Å². The van der Waals surface area contributed by atoms with Gasteiger partial charge in [-0.15, -0.1) is 0 Å². The Morgan fingerprint density at radius 3 is 3.12 bits per heavy atom. The minimum Gasteiger partial charge on any atom is -0.389 e. The lowest BCUT2D eigenvalue weighted by molar-refractivity contribution is -0.120. The number of hydrogen-bond acceptors (Lipinski definition) is 4. The number of aliphatic hydroxyl groups is 1. The molecule has 2 N–H and O–H groups in total. The molecule has 92 valence electrons. The van der Waals surface area contributed by atoms with E-state index in [1.165, 1.54) is 0 Å². The van der Waals surface area contributed by atoms with Crippen LogP contribution in [-0.4, -0.2) is 35.6 Å². The minimum absolute atomic E-state index is 0.0713. The molecule has 1 saturated heterocycles. The second-order valence-electron chi connectivity index (χ2n) is 4.18. The predicted molar refractivity (Wildman–Crippen MR) is 64.7 cm³/mol. The first-order chi connectivity index (χ1) is 8.18. The second-order valence-corrected chi connectivity index (χ2v) is 4.18. The van der Waals surface area contributed by atoms with Gasteiger partial charge < -0.3 is 15.3 Å². The Labute approximate surface area is 100 Å². The summed E-state index contributed by atoms with van der Waals surface area (Å²) in [6.45, 7) is 3.71. The van der Waals surface area contributed by atoms with Crippen LogP contribution in [0.2, 0.25) is 0 Å². The highest BCUT2D eigenvalue weighted by Crippen LogP contribution is 2.23. The van der Waals surface area contributed by atoms with Crippen LogP contribution in [0, 0.1) is 0 Å². The van der Waals surface area contributed by atoms with Gasteiger partial charge >= 0.3 is 0 Å². The zero-order chi connectivity index (χ0) is 12.3. The molecule has 0 spiro atoms. The number of anilines is 1. The number of aliphatic hydroxyl groups excluding tert-OH is 1. The summed E-state index contributed by atoms with van der Waals surface area (Å²) in [6.07, 6.45) is 1.63. The molecule has 0 aliphatic carbocycles. The predicted octanol–water partition coefficient (Wildman–Crippen LogP) is 0.461. The molecule has 0 bridgehead atoms. The van der Waals surface area contributed by atoms with E-state index < -0.39 is 6.10 Å². The standard InChI is InChI=1S/C12H17N3O2/c1-9(16)10-3-2-5-14-12(10)15-7-4-11(17)13-6-8-15/h2-3,5,9,16H,4,6-8H2,1H3,(H,13,17)/t9-/m0/s1. The van der Waals surface area contributed by atoms with Crippen molar-refractivity contribution in [2.75, 3.05) is 24.5 Å². The van der Waals surface area contributed by atoms with Gasteiger partial charge in [0.25, 0.3) is 0 Å². The van der Waals surface area contributed by atoms with Crippen LogP contribution in [0.5, 0.6) is 0 Å². The van der Waals surface area contributed by atoms with Crippen molar-refractivity contribution in [3.05, 3.63) is 23.9 Å². The molecule has 1 aromatic heterocycles. The fourth-order valence-corrected chi connectivity index (χ4v) is 1.98. The fraction of sp³-hybridized carbons (Fsp3) is 0.500. The van der Waals surface area contributed by atoms with E-state index in [0.717, 1.165) is 17.9 Å². The van der Waals surface area contributed by atoms with Crippen LogP contribution in [0.15, 0.2) is 18.3 Å². The van der Waals surface area contributed by atoms with Crippen LogP contribution in [0.25, 0.3) is 0 Å². The molecule has 1 amide bonds. The number of pyridine rings is 1. The van der Waals surface area contributed by atoms with Crippen LogP contribution < -0.4 is 10.2 Å². The molecule has 1 aliphatic rings. The minimum atomic E-state index is -0.550. The van der Waals surface area contributed by atoms with E-state index in [9.17, 15) is 9.90 Å². The van der Waals surface area contributed by atoms with Crippen LogP contribution in [-0.2, 0) is 4.79 Å². The molecule has 5 heteroatoms. The van der Waals surface area contributed by atoms with Crippen molar-refractivity contribution in [2.45, 2.75) is 19.4 Å². The summed E-state index contributed by atoms with van der Waals surface area (Å²) in [4.78, 5) is 17.6. The molecule has 0 aromatic carbocycles. The largest absolute Gasteiger partial charge is 0.389 e. The van der Waals surface area contributed by atoms with Crippen LogP contribution >= 0.6 is 0 Å². The lowest BCUT2D eigenvalue weighted by atomic mass is 10.1. The maximum Gasteiger partial charge on any atom is 0.221 e. The van der Waals surface area contributed by atoms with Gasteiger partial charge in [0.1, 0.15) is 5.82 Å². The Balaban J connectivity index is 2.23. The van der Waals surface area contributed by atoms with E-state index in [2.05, 4.69) is 10.3 Å². The van der Waals surface area contributed by atoms with Crippen molar-refractivity contribution in [1.29, 1.82) is 0 Å². The molecular formula is C12H17N3O2. The second kappa shape index (κ2) is 5.14. The fourth-order valence-electron chi connectivity index (χ4n) is 1.98. The van der Waals surface area contributed by atoms with Gasteiger partial charge in [0.2, 0.25) is 5.91 Å². The Morgan fingerprint density at radius 2 is 2.35 bits per heavy atom. The number of nitrogens with one attached hydrogen (secondary N) is 1. The summed E-state index contributed by atoms with van der Waals surface area (Å²) in [7, 11) is 0. The summed E-state index contributed by atoms with van der Waals surface area (Å²) in [5.74, 6) is 0.848. The third-order valence-corrected chi connectivity index (χ3v) is 2.88. The number of carbonyl (C=O) groups is 1. The van der Waals surface area contributed by atoms with E-state index in [1.54, 1.807) is 13.1 Å². The summed E-state index contributed by atoms with van der Waals surface area (Å²) >= 11 is 0. The number of amides is 1. The van der Waals surface area contributed by atoms with Crippen molar-refractivity contribution < 1.29 is 9.90 Å². The average Bonchev–Trinajstić information content (AvgIpc) is 2.54. The first-order valence-electron chi connectivity index (χ1n) is 5.83. The Bertz CT molecular complexity index is 406. The third kappa shape index (κ3) is 2.74. The molecule has 2 heterocycles. The third-order valence-electron chi connectivity index (χ3n) is 2.88. The maximum atomic E-state index is 11.3. The van der Waals surface area contributed by atoms with Crippen molar-refractivity contribution in [3.8, 4) is 0 Å². The highest BCUT2D eigenvalue weighted by atomic mass is 16.3. The molecular weight excluding hydrogens is 218 g/mol. The molecule has 1 aliphatic heterocycles. The number of rotatable bonds is 2. The smallest absolute Gasteiger partial charge is 0.221 e. The van der Waals surface area contributed by atoms with E-state index in [-0.39, 0.29) is 5.91 Å². The van der Waals surface area contributed by atoms with E-state index in [0.29, 0.717) is 19.5 Å². The van der Waals surface area contributed by atoms with Gasteiger partial charge in [0.15, 0.2) is 0 Å². The van der Waals surface area contributed by atoms with Gasteiger partial charge in [0.05, 0.1) is 6.10 Å². The van der Waals surface area contributed by atoms with Gasteiger partial charge in [-0.05, 0) is 13.0 Å². The van der Waals surface area contributed by atoms with Gasteiger partial charge in [-0.1, -0.05) is 6.07 Å². The highest BCUT2D eigenvalue weighted by molar-refractivity contribution is 5.77. The summed E-state index contributed by atoms with van der Waals surface area (Å²) < 4.78 is 0. The van der Waals surface area contributed by atoms with Gasteiger partial charge in [-0.2, -0.15) is 0 Å². The SMILES string of the molecule is C[C@H](O)c1cccnc1N1CCNC(=O)CC1. The zero-order valence-corrected chi connectivity index (χ0v) is 9.89. The highest BCUT2D eigenvalue weighted by Gasteiger charge is 2.18. The van der Waals surface area contributed by atoms with Gasteiger partial charge in [-0.3, -0.25) is 4.79 Å². The molecule has 2 rings (SSSR count). The Hall–Kier alpha value is -1.62. The Morgan fingerprint density at radius 1 is 1.53 bits per heavy atom. The first kappa shape index (κ1) is 11.9. The number of carbonyl (C=O) groups excluding carboxylic acids is 1. The molecule has 1 aromatic rings. The number of hydrogen-bond donors (Lipinski definition) is 2. The van der Waals surface area contributed by atoms with E-state index in [1.807, 2.05) is 17.0 Å². The molecule has 5 nitrogen and oxygen atoms in total. The van der Waals surface area contributed by atoms with Gasteiger partial charge in [-0.25, -0.2) is 4.98 Å². The number of aromatic nitrogens is 1. The normalized spacial score (nSPS) is 18.5. The zero-order valence-electron chi connectivity index (χ0n) is 9.89. The molecule has 0 unspecified atom stereocenters. The lowest BCUT2D eigenvalue weighted by Crippen LogP contribution is -2.30. The van der Waals surface area contributed by atoms with Crippen molar-refractivity contribution in [1.82, 2.24) is 10.3 Å². The molecule has 0 saturated carbocycles. The number of nitrogens with zero attached hydrogens (tertiary/aromatic N) is 2. The van der Waals surface area contributed by atoms with Crippen LogP contribution in [0.3, 0.4) is 0 Å². The summed E-state index contributed by atoms with van der Waals surface area (Å²) in [6, 6.07) is 3.68. The average molecular weight is 235 g/mol. The van der Waals surface area contributed by atoms with E-state index >= 15 is 0 Å². The molecule has 1 fully saturated rings. The Kier molecular flexibility index (Phi) is 3.58. The van der Waals surface area contributed by atoms with Gasteiger partial charge in [0, 0.05) is 37.8 Å². The maximum absolute atomic E-state index is 11.3. The summed E-state index contributed by atoms with van der Waals surface area (Å²) in [5, 5.41) is 12.5. The molecule has 0 radical (unpaired) electrons. The lowest BCUT2D eigenvalue weighted by Gasteiger charge is -2.24. The van der Waals surface area contributed by atoms with Crippen LogP contribution in [0.1, 0.15) is 25.0 Å². The van der Waals surface area contributed by atoms with Crippen molar-refractivity contribution in [2.24, 2.45) is 0 Å². The van der Waals surface area contributed by atoms with Crippen molar-refractivity contribution in [3.63, 3.8) is 0 Å². The van der Waals surface area contributed by atoms with Crippen molar-refractivity contribution >= 4 is 11.7 Å². The monoisotopic (exact) mass is 235 g/mol. The quantitative estimate of drug-likeness (QED) is 0.781. The van der Waals surface area contributed by atoms with E-state index in [4.69, 9.17) is 0 Å². The topological polar surface area (TPSA) is 65.5 Å².